The first-order chi connectivity index (χ1) is 15.8. The van der Waals surface area contributed by atoms with Gasteiger partial charge >= 0.3 is 0 Å². The predicted molar refractivity (Wildman–Crippen MR) is 150 cm³/mol. The fourth-order valence-corrected chi connectivity index (χ4v) is 6.39. The molecule has 0 radical (unpaired) electrons. The molecule has 3 aromatic carbocycles. The van der Waals surface area contributed by atoms with E-state index < -0.39 is 0 Å². The van der Waals surface area contributed by atoms with Gasteiger partial charge in [-0.3, -0.25) is 14.5 Å². The minimum atomic E-state index is -0.254. The van der Waals surface area contributed by atoms with Gasteiger partial charge in [0.25, 0.3) is 11.1 Å². The molecular weight excluding hydrogens is 660 g/mol. The Balaban J connectivity index is 1.49. The van der Waals surface area contributed by atoms with Crippen molar-refractivity contribution in [2.24, 2.45) is 0 Å². The third-order valence-electron chi connectivity index (χ3n) is 5.12. The Morgan fingerprint density at radius 2 is 1.61 bits per heavy atom. The van der Waals surface area contributed by atoms with E-state index in [1.807, 2.05) is 55.5 Å². The normalized spacial score (nSPS) is 14.9. The van der Waals surface area contributed by atoms with Crippen molar-refractivity contribution in [2.45, 2.75) is 27.0 Å². The molecule has 7 heteroatoms. The van der Waals surface area contributed by atoms with Crippen LogP contribution in [0.25, 0.3) is 6.08 Å². The average Bonchev–Trinajstić information content (AvgIpc) is 3.02. The minimum Gasteiger partial charge on any atom is -0.487 e. The Morgan fingerprint density at radius 3 is 2.27 bits per heavy atom. The zero-order valence-corrected chi connectivity index (χ0v) is 23.2. The molecule has 4 nitrogen and oxygen atoms in total. The number of ether oxygens (including phenoxy) is 1. The summed E-state index contributed by atoms with van der Waals surface area (Å²) in [6, 6.07) is 20.1. The van der Waals surface area contributed by atoms with Crippen LogP contribution in [0.4, 0.5) is 4.79 Å². The number of halogens is 2. The summed E-state index contributed by atoms with van der Waals surface area (Å²) in [5.41, 5.74) is 5.26. The number of benzene rings is 3. The van der Waals surface area contributed by atoms with Crippen molar-refractivity contribution in [1.82, 2.24) is 4.90 Å². The van der Waals surface area contributed by atoms with E-state index in [-0.39, 0.29) is 17.7 Å². The van der Waals surface area contributed by atoms with Crippen molar-refractivity contribution in [2.75, 3.05) is 0 Å². The van der Waals surface area contributed by atoms with Crippen LogP contribution in [0.1, 0.15) is 27.8 Å². The van der Waals surface area contributed by atoms with Crippen LogP contribution in [-0.4, -0.2) is 16.0 Å². The predicted octanol–water partition coefficient (Wildman–Crippen LogP) is 7.33. The van der Waals surface area contributed by atoms with Gasteiger partial charge in [-0.1, -0.05) is 59.7 Å². The smallest absolute Gasteiger partial charge is 0.293 e. The van der Waals surface area contributed by atoms with Crippen LogP contribution in [-0.2, 0) is 17.9 Å². The molecule has 0 saturated carbocycles. The third-order valence-corrected chi connectivity index (χ3v) is 7.63. The van der Waals surface area contributed by atoms with Crippen molar-refractivity contribution >= 4 is 74.2 Å². The summed E-state index contributed by atoms with van der Waals surface area (Å²) in [5.74, 6) is 0.567. The minimum absolute atomic E-state index is 0.241. The highest BCUT2D eigenvalue weighted by molar-refractivity contribution is 14.1. The lowest BCUT2D eigenvalue weighted by molar-refractivity contribution is -0.123. The summed E-state index contributed by atoms with van der Waals surface area (Å²) in [7, 11) is 0. The average molecular weight is 681 g/mol. The number of hydrogen-bond donors (Lipinski definition) is 0. The maximum Gasteiger partial charge on any atom is 0.293 e. The SMILES string of the molecule is Cc1ccc(CN2C(=O)S/C(=C\c3cc(I)c(OCc4cccc(C)c4)c(I)c3)C2=O)cc1. The van der Waals surface area contributed by atoms with Crippen molar-refractivity contribution in [3.05, 3.63) is 101 Å². The van der Waals surface area contributed by atoms with Gasteiger partial charge in [0.05, 0.1) is 18.6 Å². The van der Waals surface area contributed by atoms with E-state index in [0.717, 1.165) is 46.9 Å². The quantitative estimate of drug-likeness (QED) is 0.202. The number of rotatable bonds is 6. The first kappa shape index (κ1) is 24.3. The Kier molecular flexibility index (Phi) is 7.80. The lowest BCUT2D eigenvalue weighted by atomic mass is 10.1. The molecule has 1 saturated heterocycles. The van der Waals surface area contributed by atoms with Gasteiger partial charge in [0.2, 0.25) is 0 Å². The van der Waals surface area contributed by atoms with E-state index in [2.05, 4.69) is 64.2 Å². The van der Waals surface area contributed by atoms with E-state index in [4.69, 9.17) is 4.74 Å². The molecule has 0 atom stereocenters. The molecule has 0 spiro atoms. The summed E-state index contributed by atoms with van der Waals surface area (Å²) in [4.78, 5) is 27.1. The maximum absolute atomic E-state index is 12.9. The first-order valence-electron chi connectivity index (χ1n) is 10.3. The standard InChI is InChI=1S/C26H21I2NO3S/c1-16-6-8-18(9-7-16)14-29-25(30)23(33-26(29)31)13-20-11-21(27)24(22(28)12-20)32-15-19-5-3-4-17(2)10-19/h3-13H,14-15H2,1-2H3/b23-13-. The zero-order valence-electron chi connectivity index (χ0n) is 18.1. The fraction of sp³-hybridized carbons (Fsp3) is 0.154. The van der Waals surface area contributed by atoms with E-state index in [1.54, 1.807) is 6.08 Å². The topological polar surface area (TPSA) is 46.6 Å². The largest absolute Gasteiger partial charge is 0.487 e. The molecule has 2 amide bonds. The van der Waals surface area contributed by atoms with Gasteiger partial charge in [-0.25, -0.2) is 0 Å². The summed E-state index contributed by atoms with van der Waals surface area (Å²) in [6.45, 7) is 4.84. The van der Waals surface area contributed by atoms with Crippen molar-refractivity contribution in [1.29, 1.82) is 0 Å². The molecule has 4 rings (SSSR count). The summed E-state index contributed by atoms with van der Waals surface area (Å²) in [5, 5.41) is -0.241. The number of amides is 2. The number of imide groups is 1. The molecule has 0 bridgehead atoms. The van der Waals surface area contributed by atoms with Gasteiger partial charge < -0.3 is 4.74 Å². The highest BCUT2D eigenvalue weighted by atomic mass is 127. The van der Waals surface area contributed by atoms with E-state index in [1.165, 1.54) is 10.5 Å². The molecule has 1 heterocycles. The monoisotopic (exact) mass is 681 g/mol. The number of thioether (sulfide) groups is 1. The van der Waals surface area contributed by atoms with Gasteiger partial charge in [-0.2, -0.15) is 0 Å². The highest BCUT2D eigenvalue weighted by Crippen LogP contribution is 2.35. The van der Waals surface area contributed by atoms with Crippen LogP contribution in [0.5, 0.6) is 5.75 Å². The van der Waals surface area contributed by atoms with Gasteiger partial charge in [0.15, 0.2) is 0 Å². The molecule has 0 aliphatic carbocycles. The molecule has 168 valence electrons. The lowest BCUT2D eigenvalue weighted by Gasteiger charge is -2.13. The highest BCUT2D eigenvalue weighted by Gasteiger charge is 2.35. The number of carbonyl (C=O) groups excluding carboxylic acids is 2. The molecule has 1 aliphatic rings. The van der Waals surface area contributed by atoms with Gasteiger partial charge in [0.1, 0.15) is 12.4 Å². The van der Waals surface area contributed by atoms with Crippen molar-refractivity contribution in [3.63, 3.8) is 0 Å². The molecule has 1 aliphatic heterocycles. The van der Waals surface area contributed by atoms with E-state index in [9.17, 15) is 9.59 Å². The molecular formula is C26H21I2NO3S. The third kappa shape index (κ3) is 5.99. The van der Waals surface area contributed by atoms with Gasteiger partial charge in [-0.05, 0) is 106 Å². The van der Waals surface area contributed by atoms with E-state index >= 15 is 0 Å². The Labute approximate surface area is 225 Å². The van der Waals surface area contributed by atoms with Crippen molar-refractivity contribution < 1.29 is 14.3 Å². The Bertz CT molecular complexity index is 1230. The van der Waals surface area contributed by atoms with Crippen LogP contribution < -0.4 is 4.74 Å². The summed E-state index contributed by atoms with van der Waals surface area (Å²) < 4.78 is 8.01. The summed E-state index contributed by atoms with van der Waals surface area (Å²) in [6.07, 6.45) is 1.79. The molecule has 0 N–H and O–H groups in total. The van der Waals surface area contributed by atoms with Gasteiger partial charge in [-0.15, -0.1) is 0 Å². The van der Waals surface area contributed by atoms with E-state index in [0.29, 0.717) is 11.5 Å². The molecule has 33 heavy (non-hydrogen) atoms. The van der Waals surface area contributed by atoms with Crippen LogP contribution in [0.3, 0.4) is 0 Å². The van der Waals surface area contributed by atoms with Crippen LogP contribution in [0.15, 0.2) is 65.6 Å². The molecule has 0 aromatic heterocycles. The number of nitrogens with zero attached hydrogens (tertiary/aromatic N) is 1. The lowest BCUT2D eigenvalue weighted by Crippen LogP contribution is -2.27. The van der Waals surface area contributed by atoms with Crippen LogP contribution in [0.2, 0.25) is 0 Å². The van der Waals surface area contributed by atoms with Crippen LogP contribution >= 0.6 is 56.9 Å². The molecule has 3 aromatic rings. The second kappa shape index (κ2) is 10.6. The van der Waals surface area contributed by atoms with Crippen molar-refractivity contribution in [3.8, 4) is 5.75 Å². The number of carbonyl (C=O) groups is 2. The Morgan fingerprint density at radius 1 is 0.909 bits per heavy atom. The number of aryl methyl sites for hydroxylation is 2. The fourth-order valence-electron chi connectivity index (χ4n) is 3.42. The second-order valence-corrected chi connectivity index (χ2v) is 11.2. The van der Waals surface area contributed by atoms with Gasteiger partial charge in [0, 0.05) is 0 Å². The number of hydrogen-bond acceptors (Lipinski definition) is 4. The first-order valence-corrected chi connectivity index (χ1v) is 13.3. The zero-order chi connectivity index (χ0) is 23.5. The second-order valence-electron chi connectivity index (χ2n) is 7.84. The Hall–Kier alpha value is -1.85. The molecule has 1 fully saturated rings. The molecule has 0 unspecified atom stereocenters. The maximum atomic E-state index is 12.9. The summed E-state index contributed by atoms with van der Waals surface area (Å²) >= 11 is 5.49. The van der Waals surface area contributed by atoms with Crippen LogP contribution in [0, 0.1) is 21.0 Å².